The van der Waals surface area contributed by atoms with Crippen LogP contribution in [0.1, 0.15) is 40.1 Å². The number of rotatable bonds is 8. The van der Waals surface area contributed by atoms with E-state index in [4.69, 9.17) is 0 Å². The third-order valence-corrected chi connectivity index (χ3v) is 6.29. The van der Waals surface area contributed by atoms with E-state index >= 15 is 0 Å². The fourth-order valence-electron chi connectivity index (χ4n) is 3.05. The molecule has 0 bridgehead atoms. The summed E-state index contributed by atoms with van der Waals surface area (Å²) in [7, 11) is -3.80. The van der Waals surface area contributed by atoms with Gasteiger partial charge in [0.2, 0.25) is 0 Å². The van der Waals surface area contributed by atoms with Crippen molar-refractivity contribution in [1.82, 2.24) is 5.32 Å². The van der Waals surface area contributed by atoms with E-state index in [-0.39, 0.29) is 16.4 Å². The lowest BCUT2D eigenvalue weighted by atomic mass is 10.1. The molecule has 0 aliphatic heterocycles. The van der Waals surface area contributed by atoms with Gasteiger partial charge in [-0.3, -0.25) is 14.3 Å². The molecule has 3 rings (SSSR count). The van der Waals surface area contributed by atoms with Gasteiger partial charge in [-0.05, 0) is 60.9 Å². The predicted octanol–water partition coefficient (Wildman–Crippen LogP) is 4.43. The Morgan fingerprint density at radius 2 is 1.42 bits per heavy atom. The molecule has 172 valence electrons. The van der Waals surface area contributed by atoms with Crippen LogP contribution >= 0.6 is 0 Å². The molecular weight excluding hydrogens is 438 g/mol. The molecule has 0 aromatic heterocycles. The zero-order valence-corrected chi connectivity index (χ0v) is 19.6. The Morgan fingerprint density at radius 3 is 2.06 bits per heavy atom. The Balaban J connectivity index is 1.74. The predicted molar refractivity (Wildman–Crippen MR) is 130 cm³/mol. The SMILES string of the molecule is Cc1ccccc1NS(=O)(=O)c1ccc(C(=O)Nc2ccccc2C(=O)NCC(C)C)cc1. The second kappa shape index (κ2) is 10.3. The van der Waals surface area contributed by atoms with Crippen molar-refractivity contribution in [2.24, 2.45) is 5.92 Å². The lowest BCUT2D eigenvalue weighted by Crippen LogP contribution is -2.28. The topological polar surface area (TPSA) is 104 Å². The number of amides is 2. The molecule has 7 nitrogen and oxygen atoms in total. The van der Waals surface area contributed by atoms with Crippen LogP contribution in [0, 0.1) is 12.8 Å². The molecule has 0 heterocycles. The lowest BCUT2D eigenvalue weighted by molar-refractivity contribution is 0.0950. The number of carbonyl (C=O) groups excluding carboxylic acids is 2. The van der Waals surface area contributed by atoms with Crippen LogP contribution in [-0.4, -0.2) is 26.8 Å². The van der Waals surface area contributed by atoms with Gasteiger partial charge >= 0.3 is 0 Å². The molecule has 0 unspecified atom stereocenters. The van der Waals surface area contributed by atoms with Crippen LogP contribution in [0.15, 0.2) is 77.7 Å². The molecule has 0 atom stereocenters. The van der Waals surface area contributed by atoms with Crippen LogP contribution in [0.25, 0.3) is 0 Å². The first-order valence-corrected chi connectivity index (χ1v) is 12.0. The fourth-order valence-corrected chi connectivity index (χ4v) is 4.18. The van der Waals surface area contributed by atoms with Gasteiger partial charge in [0, 0.05) is 12.1 Å². The highest BCUT2D eigenvalue weighted by Gasteiger charge is 2.17. The summed E-state index contributed by atoms with van der Waals surface area (Å²) < 4.78 is 28.0. The minimum Gasteiger partial charge on any atom is -0.352 e. The van der Waals surface area contributed by atoms with Gasteiger partial charge in [-0.1, -0.05) is 44.2 Å². The molecule has 8 heteroatoms. The number of benzene rings is 3. The summed E-state index contributed by atoms with van der Waals surface area (Å²) in [5.74, 6) is -0.427. The molecule has 0 saturated heterocycles. The number of carbonyl (C=O) groups is 2. The van der Waals surface area contributed by atoms with Gasteiger partial charge in [-0.15, -0.1) is 0 Å². The number of sulfonamides is 1. The monoisotopic (exact) mass is 465 g/mol. The van der Waals surface area contributed by atoms with Crippen LogP contribution in [0.2, 0.25) is 0 Å². The Kier molecular flexibility index (Phi) is 7.50. The molecule has 2 amide bonds. The first-order chi connectivity index (χ1) is 15.7. The Bertz CT molecular complexity index is 1250. The maximum atomic E-state index is 12.7. The Labute approximate surface area is 194 Å². The van der Waals surface area contributed by atoms with Crippen LogP contribution in [0.4, 0.5) is 11.4 Å². The molecule has 0 spiro atoms. The summed E-state index contributed by atoms with van der Waals surface area (Å²) >= 11 is 0. The van der Waals surface area contributed by atoms with Gasteiger partial charge in [0.15, 0.2) is 0 Å². The molecule has 0 aliphatic rings. The average Bonchev–Trinajstić information content (AvgIpc) is 2.79. The zero-order chi connectivity index (χ0) is 24.0. The van der Waals surface area contributed by atoms with E-state index in [1.807, 2.05) is 32.9 Å². The molecular formula is C25H27N3O4S. The average molecular weight is 466 g/mol. The number of aryl methyl sites for hydroxylation is 1. The molecule has 0 saturated carbocycles. The molecule has 0 radical (unpaired) electrons. The van der Waals surface area contributed by atoms with Gasteiger partial charge < -0.3 is 10.6 Å². The van der Waals surface area contributed by atoms with E-state index in [9.17, 15) is 18.0 Å². The minimum absolute atomic E-state index is 0.0377. The van der Waals surface area contributed by atoms with Crippen molar-refractivity contribution in [2.75, 3.05) is 16.6 Å². The van der Waals surface area contributed by atoms with E-state index in [1.54, 1.807) is 36.4 Å². The molecule has 3 aromatic carbocycles. The van der Waals surface area contributed by atoms with Crippen molar-refractivity contribution in [2.45, 2.75) is 25.7 Å². The second-order valence-corrected chi connectivity index (χ2v) is 9.73. The van der Waals surface area contributed by atoms with E-state index in [0.29, 0.717) is 29.4 Å². The maximum Gasteiger partial charge on any atom is 0.261 e. The van der Waals surface area contributed by atoms with Crippen LogP contribution in [0.5, 0.6) is 0 Å². The number of hydrogen-bond acceptors (Lipinski definition) is 4. The first kappa shape index (κ1) is 24.0. The van der Waals surface area contributed by atoms with Crippen LogP contribution in [0.3, 0.4) is 0 Å². The Morgan fingerprint density at radius 1 is 0.818 bits per heavy atom. The third kappa shape index (κ3) is 6.20. The van der Waals surface area contributed by atoms with Gasteiger partial charge in [0.05, 0.1) is 21.8 Å². The van der Waals surface area contributed by atoms with Crippen molar-refractivity contribution < 1.29 is 18.0 Å². The van der Waals surface area contributed by atoms with Gasteiger partial charge in [-0.2, -0.15) is 0 Å². The van der Waals surface area contributed by atoms with Crippen molar-refractivity contribution >= 4 is 33.2 Å². The van der Waals surface area contributed by atoms with E-state index in [0.717, 1.165) is 5.56 Å². The number of anilines is 2. The smallest absolute Gasteiger partial charge is 0.261 e. The van der Waals surface area contributed by atoms with Gasteiger partial charge in [-0.25, -0.2) is 8.42 Å². The largest absolute Gasteiger partial charge is 0.352 e. The van der Waals surface area contributed by atoms with Crippen molar-refractivity contribution in [3.8, 4) is 0 Å². The van der Waals surface area contributed by atoms with Crippen LogP contribution < -0.4 is 15.4 Å². The summed E-state index contributed by atoms with van der Waals surface area (Å²) in [4.78, 5) is 25.3. The fraction of sp³-hybridized carbons (Fsp3) is 0.200. The summed E-state index contributed by atoms with van der Waals surface area (Å²) in [6, 6.07) is 19.4. The minimum atomic E-state index is -3.80. The van der Waals surface area contributed by atoms with Crippen LogP contribution in [-0.2, 0) is 10.0 Å². The van der Waals surface area contributed by atoms with Gasteiger partial charge in [0.25, 0.3) is 21.8 Å². The molecule has 0 aliphatic carbocycles. The van der Waals surface area contributed by atoms with Crippen molar-refractivity contribution in [3.63, 3.8) is 0 Å². The summed E-state index contributed by atoms with van der Waals surface area (Å²) in [5, 5.41) is 5.57. The lowest BCUT2D eigenvalue weighted by Gasteiger charge is -2.13. The number of hydrogen-bond donors (Lipinski definition) is 3. The Hall–Kier alpha value is -3.65. The molecule has 3 aromatic rings. The third-order valence-electron chi connectivity index (χ3n) is 4.91. The highest BCUT2D eigenvalue weighted by atomic mass is 32.2. The first-order valence-electron chi connectivity index (χ1n) is 10.5. The summed E-state index contributed by atoms with van der Waals surface area (Å²) in [6.45, 7) is 6.32. The standard InChI is InChI=1S/C25H27N3O4S/c1-17(2)16-26-25(30)21-9-5-7-11-23(21)27-24(29)19-12-14-20(15-13-19)33(31,32)28-22-10-6-4-8-18(22)3/h4-15,17,28H,16H2,1-3H3,(H,26,30)(H,27,29). The van der Waals surface area contributed by atoms with E-state index in [1.165, 1.54) is 24.3 Å². The zero-order valence-electron chi connectivity index (χ0n) is 18.8. The summed E-state index contributed by atoms with van der Waals surface area (Å²) in [5.41, 5.74) is 2.29. The molecule has 33 heavy (non-hydrogen) atoms. The maximum absolute atomic E-state index is 12.7. The van der Waals surface area contributed by atoms with E-state index in [2.05, 4.69) is 15.4 Å². The normalized spacial score (nSPS) is 11.2. The summed E-state index contributed by atoms with van der Waals surface area (Å²) in [6.07, 6.45) is 0. The van der Waals surface area contributed by atoms with E-state index < -0.39 is 15.9 Å². The highest BCUT2D eigenvalue weighted by Crippen LogP contribution is 2.21. The quantitative estimate of drug-likeness (QED) is 0.458. The number of para-hydroxylation sites is 2. The highest BCUT2D eigenvalue weighted by molar-refractivity contribution is 7.92. The molecule has 0 fully saturated rings. The van der Waals surface area contributed by atoms with Crippen molar-refractivity contribution in [1.29, 1.82) is 0 Å². The van der Waals surface area contributed by atoms with Gasteiger partial charge in [0.1, 0.15) is 0 Å². The van der Waals surface area contributed by atoms with Crippen molar-refractivity contribution in [3.05, 3.63) is 89.5 Å². The number of nitrogens with one attached hydrogen (secondary N) is 3. The molecule has 3 N–H and O–H groups in total. The second-order valence-electron chi connectivity index (χ2n) is 8.05.